The van der Waals surface area contributed by atoms with Crippen LogP contribution < -0.4 is 5.32 Å². The van der Waals surface area contributed by atoms with E-state index in [0.29, 0.717) is 0 Å². The van der Waals surface area contributed by atoms with Crippen molar-refractivity contribution in [1.29, 1.82) is 0 Å². The average Bonchev–Trinajstić information content (AvgIpc) is 2.62. The van der Waals surface area contributed by atoms with Gasteiger partial charge in [0, 0.05) is 11.6 Å². The van der Waals surface area contributed by atoms with E-state index in [4.69, 9.17) is 0 Å². The molecule has 18 heavy (non-hydrogen) atoms. The van der Waals surface area contributed by atoms with Crippen LogP contribution >= 0.6 is 0 Å². The third-order valence-corrected chi connectivity index (χ3v) is 4.04. The van der Waals surface area contributed by atoms with E-state index in [0.717, 1.165) is 30.5 Å². The topological polar surface area (TPSA) is 49.3 Å². The molecule has 1 saturated carbocycles. The maximum Gasteiger partial charge on any atom is 0.228 e. The summed E-state index contributed by atoms with van der Waals surface area (Å²) in [7, 11) is 0. The first-order valence-electron chi connectivity index (χ1n) is 6.50. The SMILES string of the molecule is Cc1cc(O)ccc1NC(=O)C1CCCC1(C)C. The molecular weight excluding hydrogens is 226 g/mol. The van der Waals surface area contributed by atoms with Crippen molar-refractivity contribution in [3.8, 4) is 5.75 Å². The molecule has 1 atom stereocenters. The molecule has 1 unspecified atom stereocenters. The summed E-state index contributed by atoms with van der Waals surface area (Å²) in [6.07, 6.45) is 3.20. The van der Waals surface area contributed by atoms with Crippen LogP contribution in [-0.4, -0.2) is 11.0 Å². The number of aryl methyl sites for hydroxylation is 1. The zero-order chi connectivity index (χ0) is 13.3. The lowest BCUT2D eigenvalue weighted by Gasteiger charge is -2.26. The molecular formula is C15H21NO2. The minimum atomic E-state index is 0.0886. The minimum Gasteiger partial charge on any atom is -0.508 e. The highest BCUT2D eigenvalue weighted by molar-refractivity contribution is 5.94. The Kier molecular flexibility index (Phi) is 3.33. The molecule has 0 radical (unpaired) electrons. The lowest BCUT2D eigenvalue weighted by Crippen LogP contribution is -2.31. The molecule has 2 N–H and O–H groups in total. The van der Waals surface area contributed by atoms with E-state index in [1.165, 1.54) is 0 Å². The second kappa shape index (κ2) is 4.63. The summed E-state index contributed by atoms with van der Waals surface area (Å²) in [6.45, 7) is 6.21. The number of carbonyl (C=O) groups excluding carboxylic acids is 1. The first kappa shape index (κ1) is 12.9. The number of anilines is 1. The van der Waals surface area contributed by atoms with Crippen molar-refractivity contribution in [2.24, 2.45) is 11.3 Å². The number of rotatable bonds is 2. The third-order valence-electron chi connectivity index (χ3n) is 4.04. The molecule has 3 nitrogen and oxygen atoms in total. The third kappa shape index (κ3) is 2.50. The highest BCUT2D eigenvalue weighted by Crippen LogP contribution is 2.43. The molecule has 0 aliphatic heterocycles. The second-order valence-electron chi connectivity index (χ2n) is 5.92. The monoisotopic (exact) mass is 247 g/mol. The number of carbonyl (C=O) groups is 1. The minimum absolute atomic E-state index is 0.0886. The Labute approximate surface area is 108 Å². The number of phenolic OH excluding ortho intramolecular Hbond substituents is 1. The van der Waals surface area contributed by atoms with Crippen molar-refractivity contribution in [1.82, 2.24) is 0 Å². The Morgan fingerprint density at radius 2 is 2.17 bits per heavy atom. The molecule has 1 aliphatic rings. The fourth-order valence-electron chi connectivity index (χ4n) is 2.82. The van der Waals surface area contributed by atoms with Gasteiger partial charge in [0.25, 0.3) is 0 Å². The number of aromatic hydroxyl groups is 1. The summed E-state index contributed by atoms with van der Waals surface area (Å²) < 4.78 is 0. The molecule has 3 heteroatoms. The van der Waals surface area contributed by atoms with Crippen molar-refractivity contribution in [2.75, 3.05) is 5.32 Å². The molecule has 0 spiro atoms. The van der Waals surface area contributed by atoms with Gasteiger partial charge >= 0.3 is 0 Å². The Morgan fingerprint density at radius 1 is 1.44 bits per heavy atom. The van der Waals surface area contributed by atoms with Crippen molar-refractivity contribution in [2.45, 2.75) is 40.0 Å². The number of hydrogen-bond donors (Lipinski definition) is 2. The fraction of sp³-hybridized carbons (Fsp3) is 0.533. The maximum absolute atomic E-state index is 12.3. The van der Waals surface area contributed by atoms with E-state index >= 15 is 0 Å². The molecule has 1 aromatic carbocycles. The summed E-state index contributed by atoms with van der Waals surface area (Å²) in [5.41, 5.74) is 1.77. The van der Waals surface area contributed by atoms with Crippen LogP contribution in [0.15, 0.2) is 18.2 Å². The molecule has 2 rings (SSSR count). The number of amides is 1. The first-order valence-corrected chi connectivity index (χ1v) is 6.50. The Bertz CT molecular complexity index is 466. The summed E-state index contributed by atoms with van der Waals surface area (Å²) in [6, 6.07) is 5.02. The van der Waals surface area contributed by atoms with Gasteiger partial charge in [0.2, 0.25) is 5.91 Å². The molecule has 98 valence electrons. The van der Waals surface area contributed by atoms with Crippen LogP contribution in [0.25, 0.3) is 0 Å². The molecule has 1 amide bonds. The van der Waals surface area contributed by atoms with E-state index in [9.17, 15) is 9.90 Å². The highest BCUT2D eigenvalue weighted by atomic mass is 16.3. The van der Waals surface area contributed by atoms with E-state index in [1.807, 2.05) is 6.92 Å². The van der Waals surface area contributed by atoms with Gasteiger partial charge < -0.3 is 10.4 Å². The van der Waals surface area contributed by atoms with Gasteiger partial charge in [0.1, 0.15) is 5.75 Å². The van der Waals surface area contributed by atoms with Crippen LogP contribution in [0.3, 0.4) is 0 Å². The van der Waals surface area contributed by atoms with Crippen molar-refractivity contribution < 1.29 is 9.90 Å². The fourth-order valence-corrected chi connectivity index (χ4v) is 2.82. The van der Waals surface area contributed by atoms with Gasteiger partial charge in [0.05, 0.1) is 0 Å². The van der Waals surface area contributed by atoms with Gasteiger partial charge in [-0.15, -0.1) is 0 Å². The van der Waals surface area contributed by atoms with Gasteiger partial charge in [-0.25, -0.2) is 0 Å². The average molecular weight is 247 g/mol. The summed E-state index contributed by atoms with van der Waals surface area (Å²) in [4.78, 5) is 12.3. The predicted molar refractivity (Wildman–Crippen MR) is 72.6 cm³/mol. The first-order chi connectivity index (χ1) is 8.40. The van der Waals surface area contributed by atoms with Crippen LogP contribution in [0.5, 0.6) is 5.75 Å². The van der Waals surface area contributed by atoms with E-state index in [2.05, 4.69) is 19.2 Å². The van der Waals surface area contributed by atoms with E-state index < -0.39 is 0 Å². The normalized spacial score (nSPS) is 21.8. The zero-order valence-corrected chi connectivity index (χ0v) is 11.3. The predicted octanol–water partition coefficient (Wildman–Crippen LogP) is 3.47. The van der Waals surface area contributed by atoms with Gasteiger partial charge in [-0.2, -0.15) is 0 Å². The van der Waals surface area contributed by atoms with Crippen molar-refractivity contribution in [3.05, 3.63) is 23.8 Å². The van der Waals surface area contributed by atoms with Crippen LogP contribution in [0, 0.1) is 18.3 Å². The molecule has 0 saturated heterocycles. The van der Waals surface area contributed by atoms with Gasteiger partial charge in [-0.05, 0) is 48.9 Å². The number of benzene rings is 1. The van der Waals surface area contributed by atoms with E-state index in [-0.39, 0.29) is 23.0 Å². The van der Waals surface area contributed by atoms with E-state index in [1.54, 1.807) is 18.2 Å². The summed E-state index contributed by atoms with van der Waals surface area (Å²) in [5, 5.41) is 12.3. The molecule has 0 aromatic heterocycles. The highest BCUT2D eigenvalue weighted by Gasteiger charge is 2.39. The Morgan fingerprint density at radius 3 is 2.72 bits per heavy atom. The van der Waals surface area contributed by atoms with Gasteiger partial charge in [-0.3, -0.25) is 4.79 Å². The number of hydrogen-bond acceptors (Lipinski definition) is 2. The number of nitrogens with one attached hydrogen (secondary N) is 1. The largest absolute Gasteiger partial charge is 0.508 e. The van der Waals surface area contributed by atoms with Crippen LogP contribution in [0.1, 0.15) is 38.7 Å². The smallest absolute Gasteiger partial charge is 0.228 e. The second-order valence-corrected chi connectivity index (χ2v) is 5.92. The lowest BCUT2D eigenvalue weighted by atomic mass is 9.81. The van der Waals surface area contributed by atoms with Gasteiger partial charge in [-0.1, -0.05) is 20.3 Å². The summed E-state index contributed by atoms with van der Waals surface area (Å²) >= 11 is 0. The maximum atomic E-state index is 12.3. The van der Waals surface area contributed by atoms with Crippen LogP contribution in [0.2, 0.25) is 0 Å². The zero-order valence-electron chi connectivity index (χ0n) is 11.3. The summed E-state index contributed by atoms with van der Waals surface area (Å²) in [5.74, 6) is 0.420. The van der Waals surface area contributed by atoms with Crippen LogP contribution in [0.4, 0.5) is 5.69 Å². The molecule has 1 fully saturated rings. The van der Waals surface area contributed by atoms with Crippen LogP contribution in [-0.2, 0) is 4.79 Å². The lowest BCUT2D eigenvalue weighted by molar-refractivity contribution is -0.122. The van der Waals surface area contributed by atoms with Gasteiger partial charge in [0.15, 0.2) is 0 Å². The van der Waals surface area contributed by atoms with Crippen molar-refractivity contribution in [3.63, 3.8) is 0 Å². The molecule has 1 aromatic rings. The number of phenols is 1. The molecule has 1 aliphatic carbocycles. The Balaban J connectivity index is 2.12. The van der Waals surface area contributed by atoms with Crippen molar-refractivity contribution >= 4 is 11.6 Å². The molecule has 0 bridgehead atoms. The Hall–Kier alpha value is -1.51. The standard InChI is InChI=1S/C15H21NO2/c1-10-9-11(17)6-7-13(10)16-14(18)12-5-4-8-15(12,2)3/h6-7,9,12,17H,4-5,8H2,1-3H3,(H,16,18). The molecule has 0 heterocycles. The quantitative estimate of drug-likeness (QED) is 0.786.